The summed E-state index contributed by atoms with van der Waals surface area (Å²) >= 11 is 0. The van der Waals surface area contributed by atoms with Crippen LogP contribution in [0.4, 0.5) is 4.79 Å². The monoisotopic (exact) mass is 371 g/mol. The molecule has 0 unspecified atom stereocenters. The summed E-state index contributed by atoms with van der Waals surface area (Å²) < 4.78 is 36.2. The summed E-state index contributed by atoms with van der Waals surface area (Å²) in [5.74, 6) is -1.79. The number of nitrogens with two attached hydrogens (primary N) is 1. The first kappa shape index (κ1) is 18.8. The van der Waals surface area contributed by atoms with Gasteiger partial charge in [0.25, 0.3) is 5.91 Å². The predicted octanol–water partition coefficient (Wildman–Crippen LogP) is -0.941. The number of benzene rings is 1. The van der Waals surface area contributed by atoms with Crippen molar-refractivity contribution in [2.24, 2.45) is 5.73 Å². The van der Waals surface area contributed by atoms with E-state index in [1.807, 2.05) is 0 Å². The molecule has 0 bridgehead atoms. The summed E-state index contributed by atoms with van der Waals surface area (Å²) in [5, 5.41) is 1.74. The van der Waals surface area contributed by atoms with Gasteiger partial charge in [-0.3, -0.25) is 10.1 Å². The van der Waals surface area contributed by atoms with Crippen LogP contribution in [0, 0.1) is 0 Å². The molecule has 1 aliphatic rings. The number of carbonyl (C=O) groups excluding carboxylic acids is 3. The number of hydrogen-bond acceptors (Lipinski definition) is 7. The Labute approximate surface area is 143 Å². The van der Waals surface area contributed by atoms with Gasteiger partial charge in [0, 0.05) is 13.1 Å². The number of sulfonamides is 1. The number of urea groups is 1. The van der Waals surface area contributed by atoms with E-state index < -0.39 is 34.5 Å². The van der Waals surface area contributed by atoms with Crippen LogP contribution in [-0.2, 0) is 24.3 Å². The Bertz CT molecular complexity index is 772. The molecule has 2 rings (SSSR count). The van der Waals surface area contributed by atoms with Crippen molar-refractivity contribution in [3.63, 3.8) is 0 Å². The number of hydrogen-bond donors (Lipinski definition) is 2. The molecule has 0 saturated carbocycles. The lowest BCUT2D eigenvalue weighted by Crippen LogP contribution is -2.40. The van der Waals surface area contributed by atoms with Crippen LogP contribution < -0.4 is 11.1 Å². The zero-order valence-corrected chi connectivity index (χ0v) is 14.0. The number of primary amides is 1. The topological polar surface area (TPSA) is 145 Å². The molecule has 0 radical (unpaired) electrons. The van der Waals surface area contributed by atoms with Gasteiger partial charge in [-0.05, 0) is 18.2 Å². The lowest BCUT2D eigenvalue weighted by atomic mass is 10.2. The number of carbonyl (C=O) groups is 3. The Kier molecular flexibility index (Phi) is 6.07. The van der Waals surface area contributed by atoms with Crippen molar-refractivity contribution in [2.75, 3.05) is 32.9 Å². The first-order valence-electron chi connectivity index (χ1n) is 7.25. The molecule has 3 N–H and O–H groups in total. The van der Waals surface area contributed by atoms with Gasteiger partial charge in [0.2, 0.25) is 10.0 Å². The van der Waals surface area contributed by atoms with E-state index in [1.165, 1.54) is 28.6 Å². The second-order valence-electron chi connectivity index (χ2n) is 5.03. The second-order valence-corrected chi connectivity index (χ2v) is 6.97. The molecule has 1 aliphatic heterocycles. The number of nitrogens with zero attached hydrogens (tertiary/aromatic N) is 1. The Morgan fingerprint density at radius 1 is 1.24 bits per heavy atom. The fourth-order valence-corrected chi connectivity index (χ4v) is 3.56. The summed E-state index contributed by atoms with van der Waals surface area (Å²) in [4.78, 5) is 33.6. The number of nitrogens with one attached hydrogen (secondary N) is 1. The number of rotatable bonds is 5. The maximum absolute atomic E-state index is 12.6. The lowest BCUT2D eigenvalue weighted by Gasteiger charge is -2.26. The van der Waals surface area contributed by atoms with E-state index in [-0.39, 0.29) is 23.5 Å². The van der Waals surface area contributed by atoms with E-state index in [9.17, 15) is 22.8 Å². The minimum atomic E-state index is -3.76. The summed E-state index contributed by atoms with van der Waals surface area (Å²) in [6, 6.07) is 4.21. The highest BCUT2D eigenvalue weighted by molar-refractivity contribution is 7.89. The van der Waals surface area contributed by atoms with Crippen molar-refractivity contribution >= 4 is 27.9 Å². The molecule has 136 valence electrons. The van der Waals surface area contributed by atoms with Crippen LogP contribution in [0.1, 0.15) is 10.4 Å². The largest absolute Gasteiger partial charge is 0.452 e. The molecule has 0 spiro atoms. The van der Waals surface area contributed by atoms with Crippen molar-refractivity contribution < 1.29 is 32.3 Å². The van der Waals surface area contributed by atoms with E-state index in [0.29, 0.717) is 13.2 Å². The molecular weight excluding hydrogens is 354 g/mol. The number of esters is 1. The van der Waals surface area contributed by atoms with Gasteiger partial charge in [0.05, 0.1) is 23.7 Å². The number of morpholine rings is 1. The molecule has 11 heteroatoms. The van der Waals surface area contributed by atoms with Gasteiger partial charge in [0.1, 0.15) is 0 Å². The van der Waals surface area contributed by atoms with Crippen LogP contribution in [0.2, 0.25) is 0 Å². The number of ether oxygens (including phenoxy) is 2. The fourth-order valence-electron chi connectivity index (χ4n) is 2.11. The van der Waals surface area contributed by atoms with Crippen LogP contribution >= 0.6 is 0 Å². The zero-order valence-electron chi connectivity index (χ0n) is 13.1. The van der Waals surface area contributed by atoms with E-state index in [1.54, 1.807) is 5.32 Å². The second kappa shape index (κ2) is 8.05. The lowest BCUT2D eigenvalue weighted by molar-refractivity contribution is -0.123. The minimum Gasteiger partial charge on any atom is -0.452 e. The first-order valence-corrected chi connectivity index (χ1v) is 8.69. The average Bonchev–Trinajstić information content (AvgIpc) is 2.60. The van der Waals surface area contributed by atoms with Gasteiger partial charge in [0.15, 0.2) is 6.61 Å². The van der Waals surface area contributed by atoms with Gasteiger partial charge in [-0.15, -0.1) is 0 Å². The van der Waals surface area contributed by atoms with Crippen LogP contribution in [0.3, 0.4) is 0 Å². The van der Waals surface area contributed by atoms with Crippen LogP contribution in [-0.4, -0.2) is 63.5 Å². The van der Waals surface area contributed by atoms with E-state index in [0.717, 1.165) is 0 Å². The standard InChI is InChI=1S/C14H17N3O7S/c15-14(20)16-12(18)9-24-13(19)10-2-1-3-11(8-10)25(21,22)17-4-6-23-7-5-17/h1-3,8H,4-7,9H2,(H3,15,16,18,20). The van der Waals surface area contributed by atoms with Gasteiger partial charge in [-0.2, -0.15) is 4.31 Å². The maximum atomic E-state index is 12.6. The maximum Gasteiger partial charge on any atom is 0.338 e. The third kappa shape index (κ3) is 4.98. The van der Waals surface area contributed by atoms with Gasteiger partial charge in [-0.25, -0.2) is 18.0 Å². The highest BCUT2D eigenvalue weighted by atomic mass is 32.2. The Morgan fingerprint density at radius 3 is 2.56 bits per heavy atom. The number of imide groups is 1. The molecule has 1 heterocycles. The molecule has 3 amide bonds. The normalized spacial score (nSPS) is 15.4. The van der Waals surface area contributed by atoms with Gasteiger partial charge < -0.3 is 15.2 Å². The highest BCUT2D eigenvalue weighted by Gasteiger charge is 2.27. The van der Waals surface area contributed by atoms with Crippen molar-refractivity contribution in [3.05, 3.63) is 29.8 Å². The predicted molar refractivity (Wildman–Crippen MR) is 84.0 cm³/mol. The third-order valence-corrected chi connectivity index (χ3v) is 5.17. The van der Waals surface area contributed by atoms with Crippen molar-refractivity contribution in [1.82, 2.24) is 9.62 Å². The van der Waals surface area contributed by atoms with E-state index in [2.05, 4.69) is 0 Å². The van der Waals surface area contributed by atoms with Crippen LogP contribution in [0.25, 0.3) is 0 Å². The SMILES string of the molecule is NC(=O)NC(=O)COC(=O)c1cccc(S(=O)(=O)N2CCOCC2)c1. The van der Waals surface area contributed by atoms with E-state index >= 15 is 0 Å². The molecule has 0 aliphatic carbocycles. The van der Waals surface area contributed by atoms with Crippen LogP contribution in [0.5, 0.6) is 0 Å². The Balaban J connectivity index is 2.08. The van der Waals surface area contributed by atoms with E-state index in [4.69, 9.17) is 15.2 Å². The average molecular weight is 371 g/mol. The van der Waals surface area contributed by atoms with Crippen molar-refractivity contribution in [2.45, 2.75) is 4.90 Å². The molecule has 25 heavy (non-hydrogen) atoms. The Morgan fingerprint density at radius 2 is 1.92 bits per heavy atom. The fraction of sp³-hybridized carbons (Fsp3) is 0.357. The van der Waals surface area contributed by atoms with Gasteiger partial charge in [-0.1, -0.05) is 6.07 Å². The Hall–Kier alpha value is -2.50. The first-order chi connectivity index (χ1) is 11.8. The smallest absolute Gasteiger partial charge is 0.338 e. The molecule has 1 saturated heterocycles. The van der Waals surface area contributed by atoms with Crippen molar-refractivity contribution in [1.29, 1.82) is 0 Å². The quantitative estimate of drug-likeness (QED) is 0.635. The minimum absolute atomic E-state index is 0.0405. The molecule has 1 aromatic rings. The van der Waals surface area contributed by atoms with Crippen LogP contribution in [0.15, 0.2) is 29.2 Å². The molecule has 1 aromatic carbocycles. The molecule has 0 atom stereocenters. The summed E-state index contributed by atoms with van der Waals surface area (Å²) in [6.07, 6.45) is 0. The summed E-state index contributed by atoms with van der Waals surface area (Å²) in [5.41, 5.74) is 4.72. The molecule has 1 fully saturated rings. The highest BCUT2D eigenvalue weighted by Crippen LogP contribution is 2.18. The van der Waals surface area contributed by atoms with Crippen molar-refractivity contribution in [3.8, 4) is 0 Å². The molecule has 0 aromatic heterocycles. The van der Waals surface area contributed by atoms with Gasteiger partial charge >= 0.3 is 12.0 Å². The zero-order chi connectivity index (χ0) is 18.4. The molecule has 10 nitrogen and oxygen atoms in total. The number of amides is 3. The molecular formula is C14H17N3O7S. The summed E-state index contributed by atoms with van der Waals surface area (Å²) in [7, 11) is -3.76. The summed E-state index contributed by atoms with van der Waals surface area (Å²) in [6.45, 7) is 0.336. The third-order valence-electron chi connectivity index (χ3n) is 3.27.